The zero-order valence-corrected chi connectivity index (χ0v) is 18.4. The van der Waals surface area contributed by atoms with Crippen molar-refractivity contribution in [3.63, 3.8) is 0 Å². The molecule has 33 heavy (non-hydrogen) atoms. The average molecular weight is 444 g/mol. The Hall–Kier alpha value is -3.94. The number of carbonyl (C=O) groups is 2. The molecular formula is C25H25N5O3. The molecule has 1 unspecified atom stereocenters. The van der Waals surface area contributed by atoms with Crippen LogP contribution in [0.4, 0.5) is 0 Å². The standard InChI is InChI=1S/C25H25N5O3/c1-2-12-30-20-9-4-3-8-19(20)28-22(30)14-27-24(31)18-16-29(25(32)21-10-6-13-33-21)15-17-7-5-11-26-23(17)18/h3-11,13,18H,2,12,14-16H2,1H3,(H,27,31). The smallest absolute Gasteiger partial charge is 0.289 e. The first kappa shape index (κ1) is 20.9. The van der Waals surface area contributed by atoms with Gasteiger partial charge in [-0.1, -0.05) is 25.1 Å². The van der Waals surface area contributed by atoms with Gasteiger partial charge < -0.3 is 19.2 Å². The number of nitrogens with zero attached hydrogens (tertiary/aromatic N) is 4. The maximum Gasteiger partial charge on any atom is 0.289 e. The quantitative estimate of drug-likeness (QED) is 0.492. The fourth-order valence-corrected chi connectivity index (χ4v) is 4.42. The van der Waals surface area contributed by atoms with Crippen molar-refractivity contribution < 1.29 is 14.0 Å². The maximum atomic E-state index is 13.3. The number of pyridine rings is 1. The number of para-hydroxylation sites is 2. The van der Waals surface area contributed by atoms with E-state index in [1.165, 1.54) is 6.26 Å². The number of benzene rings is 1. The highest BCUT2D eigenvalue weighted by molar-refractivity contribution is 5.93. The number of furan rings is 1. The Morgan fingerprint density at radius 1 is 1.15 bits per heavy atom. The summed E-state index contributed by atoms with van der Waals surface area (Å²) in [5.41, 5.74) is 3.54. The highest BCUT2D eigenvalue weighted by atomic mass is 16.3. The number of amides is 2. The molecule has 1 aromatic carbocycles. The van der Waals surface area contributed by atoms with Gasteiger partial charge in [0.15, 0.2) is 5.76 Å². The molecule has 1 aliphatic heterocycles. The van der Waals surface area contributed by atoms with E-state index in [2.05, 4.69) is 21.8 Å². The second kappa shape index (κ2) is 8.90. The van der Waals surface area contributed by atoms with Crippen molar-refractivity contribution in [2.24, 2.45) is 0 Å². The summed E-state index contributed by atoms with van der Waals surface area (Å²) in [7, 11) is 0. The van der Waals surface area contributed by atoms with Crippen molar-refractivity contribution in [3.8, 4) is 0 Å². The Balaban J connectivity index is 1.38. The molecule has 2 amide bonds. The second-order valence-electron chi connectivity index (χ2n) is 8.15. The largest absolute Gasteiger partial charge is 0.459 e. The number of nitrogens with one attached hydrogen (secondary N) is 1. The molecule has 0 saturated heterocycles. The van der Waals surface area contributed by atoms with E-state index >= 15 is 0 Å². The Morgan fingerprint density at radius 3 is 2.85 bits per heavy atom. The first-order chi connectivity index (χ1) is 16.2. The lowest BCUT2D eigenvalue weighted by Crippen LogP contribution is -2.44. The molecular weight excluding hydrogens is 418 g/mol. The third-order valence-electron chi connectivity index (χ3n) is 5.96. The van der Waals surface area contributed by atoms with E-state index in [1.807, 2.05) is 36.4 Å². The Bertz CT molecular complexity index is 1290. The van der Waals surface area contributed by atoms with E-state index in [0.717, 1.165) is 35.4 Å². The normalized spacial score (nSPS) is 15.4. The summed E-state index contributed by atoms with van der Waals surface area (Å²) in [5.74, 6) is 0.0821. The van der Waals surface area contributed by atoms with Crippen molar-refractivity contribution >= 4 is 22.8 Å². The highest BCUT2D eigenvalue weighted by Crippen LogP contribution is 2.28. The van der Waals surface area contributed by atoms with Gasteiger partial charge in [0.2, 0.25) is 5.91 Å². The minimum atomic E-state index is -0.571. The first-order valence-electron chi connectivity index (χ1n) is 11.1. The Labute approximate surface area is 191 Å². The molecule has 1 N–H and O–H groups in total. The van der Waals surface area contributed by atoms with Gasteiger partial charge in [-0.05, 0) is 42.3 Å². The lowest BCUT2D eigenvalue weighted by atomic mass is 9.93. The zero-order valence-electron chi connectivity index (χ0n) is 18.4. The Kier molecular flexibility index (Phi) is 5.64. The second-order valence-corrected chi connectivity index (χ2v) is 8.15. The number of hydrogen-bond acceptors (Lipinski definition) is 5. The number of fused-ring (bicyclic) bond motifs is 2. The van der Waals surface area contributed by atoms with Crippen LogP contribution in [-0.4, -0.2) is 37.8 Å². The molecule has 0 radical (unpaired) electrons. The van der Waals surface area contributed by atoms with Crippen molar-refractivity contribution in [1.29, 1.82) is 0 Å². The third kappa shape index (κ3) is 4.00. The summed E-state index contributed by atoms with van der Waals surface area (Å²) >= 11 is 0. The molecule has 4 heterocycles. The number of imidazole rings is 1. The van der Waals surface area contributed by atoms with Gasteiger partial charge in [0, 0.05) is 25.8 Å². The average Bonchev–Trinajstić information content (AvgIpc) is 3.50. The lowest BCUT2D eigenvalue weighted by Gasteiger charge is -2.32. The number of aromatic nitrogens is 3. The van der Waals surface area contributed by atoms with Gasteiger partial charge in [-0.25, -0.2) is 4.98 Å². The van der Waals surface area contributed by atoms with E-state index in [4.69, 9.17) is 9.40 Å². The molecule has 0 spiro atoms. The fourth-order valence-electron chi connectivity index (χ4n) is 4.42. The third-order valence-corrected chi connectivity index (χ3v) is 5.96. The van der Waals surface area contributed by atoms with Crippen LogP contribution in [0.5, 0.6) is 0 Å². The first-order valence-corrected chi connectivity index (χ1v) is 11.1. The van der Waals surface area contributed by atoms with Crippen LogP contribution in [0.2, 0.25) is 0 Å². The molecule has 8 nitrogen and oxygen atoms in total. The summed E-state index contributed by atoms with van der Waals surface area (Å²) in [6, 6.07) is 15.0. The summed E-state index contributed by atoms with van der Waals surface area (Å²) in [4.78, 5) is 37.1. The van der Waals surface area contributed by atoms with Crippen molar-refractivity contribution in [3.05, 3.63) is 83.8 Å². The fraction of sp³-hybridized carbons (Fsp3) is 0.280. The molecule has 0 saturated carbocycles. The van der Waals surface area contributed by atoms with Crippen LogP contribution < -0.4 is 5.32 Å². The molecule has 4 aromatic rings. The molecule has 0 fully saturated rings. The SMILES string of the molecule is CCCn1c(CNC(=O)C2CN(C(=O)c3ccco3)Cc3cccnc32)nc2ccccc21. The molecule has 168 valence electrons. The molecule has 5 rings (SSSR count). The van der Waals surface area contributed by atoms with Crippen molar-refractivity contribution in [2.45, 2.75) is 38.9 Å². The van der Waals surface area contributed by atoms with Crippen LogP contribution >= 0.6 is 0 Å². The van der Waals surface area contributed by atoms with E-state index in [1.54, 1.807) is 23.2 Å². The summed E-state index contributed by atoms with van der Waals surface area (Å²) in [6.45, 7) is 3.87. The molecule has 1 atom stereocenters. The summed E-state index contributed by atoms with van der Waals surface area (Å²) in [6.07, 6.45) is 4.12. The van der Waals surface area contributed by atoms with Crippen LogP contribution in [0.1, 0.15) is 46.9 Å². The van der Waals surface area contributed by atoms with E-state index < -0.39 is 5.92 Å². The minimum absolute atomic E-state index is 0.179. The number of aryl methyl sites for hydroxylation is 1. The molecule has 8 heteroatoms. The van der Waals surface area contributed by atoms with E-state index in [0.29, 0.717) is 18.8 Å². The maximum absolute atomic E-state index is 13.3. The van der Waals surface area contributed by atoms with Gasteiger partial charge in [0.25, 0.3) is 5.91 Å². The molecule has 3 aromatic heterocycles. The van der Waals surface area contributed by atoms with Crippen LogP contribution in [0.15, 0.2) is 65.4 Å². The minimum Gasteiger partial charge on any atom is -0.459 e. The number of rotatable bonds is 6. The Morgan fingerprint density at radius 2 is 2.03 bits per heavy atom. The van der Waals surface area contributed by atoms with Gasteiger partial charge in [0.05, 0.1) is 35.5 Å². The topological polar surface area (TPSA) is 93.3 Å². The van der Waals surface area contributed by atoms with Gasteiger partial charge in [-0.15, -0.1) is 0 Å². The zero-order chi connectivity index (χ0) is 22.8. The summed E-state index contributed by atoms with van der Waals surface area (Å²) in [5, 5.41) is 3.04. The van der Waals surface area contributed by atoms with Gasteiger partial charge in [-0.3, -0.25) is 14.6 Å². The molecule has 0 aliphatic carbocycles. The monoisotopic (exact) mass is 443 g/mol. The van der Waals surface area contributed by atoms with E-state index in [-0.39, 0.29) is 24.1 Å². The van der Waals surface area contributed by atoms with Gasteiger partial charge >= 0.3 is 0 Å². The molecule has 0 bridgehead atoms. The van der Waals surface area contributed by atoms with Crippen molar-refractivity contribution in [1.82, 2.24) is 24.8 Å². The highest BCUT2D eigenvalue weighted by Gasteiger charge is 2.34. The van der Waals surface area contributed by atoms with Crippen LogP contribution in [0.3, 0.4) is 0 Å². The van der Waals surface area contributed by atoms with Crippen molar-refractivity contribution in [2.75, 3.05) is 6.54 Å². The predicted octanol–water partition coefficient (Wildman–Crippen LogP) is 3.49. The number of hydrogen-bond donors (Lipinski definition) is 1. The van der Waals surface area contributed by atoms with Crippen LogP contribution in [0, 0.1) is 0 Å². The van der Waals surface area contributed by atoms with Gasteiger partial charge in [-0.2, -0.15) is 0 Å². The lowest BCUT2D eigenvalue weighted by molar-refractivity contribution is -0.123. The van der Waals surface area contributed by atoms with Crippen LogP contribution in [0.25, 0.3) is 11.0 Å². The molecule has 1 aliphatic rings. The van der Waals surface area contributed by atoms with E-state index in [9.17, 15) is 9.59 Å². The number of carbonyl (C=O) groups excluding carboxylic acids is 2. The summed E-state index contributed by atoms with van der Waals surface area (Å²) < 4.78 is 7.43. The van der Waals surface area contributed by atoms with Gasteiger partial charge in [0.1, 0.15) is 5.82 Å². The predicted molar refractivity (Wildman–Crippen MR) is 122 cm³/mol. The van der Waals surface area contributed by atoms with Crippen LogP contribution in [-0.2, 0) is 24.4 Å².